The third-order valence-corrected chi connectivity index (χ3v) is 0.801. The first-order chi connectivity index (χ1) is 4.61. The number of nitrogens with zero attached hydrogens (tertiary/aromatic N) is 2. The van der Waals surface area contributed by atoms with E-state index in [-0.39, 0.29) is 17.6 Å². The van der Waals surface area contributed by atoms with Crippen LogP contribution in [0.3, 0.4) is 0 Å². The van der Waals surface area contributed by atoms with Crippen molar-refractivity contribution in [2.45, 2.75) is 6.92 Å². The van der Waals surface area contributed by atoms with Crippen molar-refractivity contribution < 1.29 is 2.74 Å². The van der Waals surface area contributed by atoms with Crippen LogP contribution in [-0.4, -0.2) is 9.97 Å². The lowest BCUT2D eigenvalue weighted by Gasteiger charge is -1.86. The van der Waals surface area contributed by atoms with E-state index in [9.17, 15) is 0 Å². The Bertz CT molecular complexity index is 241. The summed E-state index contributed by atoms with van der Waals surface area (Å²) in [6.45, 7) is 1.61. The molecule has 0 unspecified atom stereocenters. The van der Waals surface area contributed by atoms with Gasteiger partial charge in [0.05, 0.1) is 2.74 Å². The first-order valence-corrected chi connectivity index (χ1v) is 2.46. The quantitative estimate of drug-likeness (QED) is 0.497. The summed E-state index contributed by atoms with van der Waals surface area (Å²) in [6.07, 6.45) is 0.0370. The second-order valence-electron chi connectivity index (χ2n) is 1.34. The van der Waals surface area contributed by atoms with Gasteiger partial charge >= 0.3 is 0 Å². The highest BCUT2D eigenvalue weighted by Gasteiger charge is 1.84. The average molecular weight is 131 g/mol. The Balaban J connectivity index is 3.31. The first-order valence-electron chi connectivity index (χ1n) is 3.08. The molecule has 0 bridgehead atoms. The van der Waals surface area contributed by atoms with Crippen LogP contribution >= 0.6 is 11.6 Å². The third-order valence-electron chi connectivity index (χ3n) is 0.632. The standard InChI is InChI=1S/C5H5ClN2/c1-4-2-7-5(6)8-3-4/h2-3H,1H3/i2D,3D. The molecular weight excluding hydrogens is 124 g/mol. The van der Waals surface area contributed by atoms with Crippen molar-refractivity contribution in [2.75, 3.05) is 0 Å². The third kappa shape index (κ3) is 1.17. The van der Waals surface area contributed by atoms with Gasteiger partial charge in [0, 0.05) is 12.3 Å². The Labute approximate surface area is 55.3 Å². The molecule has 0 radical (unpaired) electrons. The smallest absolute Gasteiger partial charge is 0.222 e. The molecule has 3 heteroatoms. The summed E-state index contributed by atoms with van der Waals surface area (Å²) in [4.78, 5) is 7.07. The fourth-order valence-electron chi connectivity index (χ4n) is 0.310. The van der Waals surface area contributed by atoms with Gasteiger partial charge in [-0.05, 0) is 24.1 Å². The van der Waals surface area contributed by atoms with E-state index in [0.29, 0.717) is 5.56 Å². The summed E-state index contributed by atoms with van der Waals surface area (Å²) in [5.74, 6) is 0. The monoisotopic (exact) mass is 130 g/mol. The minimum absolute atomic E-state index is 0.0185. The molecular formula is C5H5ClN2. The first kappa shape index (κ1) is 3.41. The zero-order chi connectivity index (χ0) is 7.72. The maximum Gasteiger partial charge on any atom is 0.222 e. The SMILES string of the molecule is [2H]c1nc(Cl)nc([2H])c1C. The number of hydrogen-bond donors (Lipinski definition) is 0. The summed E-state index contributed by atoms with van der Waals surface area (Å²) in [5, 5.41) is -0.0411. The molecule has 0 atom stereocenters. The van der Waals surface area contributed by atoms with Crippen molar-refractivity contribution in [1.29, 1.82) is 0 Å². The Hall–Kier alpha value is -0.630. The molecule has 1 rings (SSSR count). The molecule has 42 valence electrons. The van der Waals surface area contributed by atoms with E-state index in [1.54, 1.807) is 6.92 Å². The van der Waals surface area contributed by atoms with E-state index in [2.05, 4.69) is 9.97 Å². The molecule has 0 N–H and O–H groups in total. The van der Waals surface area contributed by atoms with Crippen LogP contribution in [0.15, 0.2) is 12.3 Å². The molecule has 1 heterocycles. The van der Waals surface area contributed by atoms with Crippen molar-refractivity contribution in [3.8, 4) is 0 Å². The van der Waals surface area contributed by atoms with Gasteiger partial charge in [-0.3, -0.25) is 0 Å². The summed E-state index contributed by atoms with van der Waals surface area (Å²) in [7, 11) is 0. The molecule has 0 saturated carbocycles. The number of rotatable bonds is 0. The fraction of sp³-hybridized carbons (Fsp3) is 0.200. The molecule has 8 heavy (non-hydrogen) atoms. The number of aromatic nitrogens is 2. The summed E-state index contributed by atoms with van der Waals surface area (Å²) in [5.41, 5.74) is 0.449. The minimum atomic E-state index is -0.0411. The van der Waals surface area contributed by atoms with Gasteiger partial charge in [-0.25, -0.2) is 9.97 Å². The van der Waals surface area contributed by atoms with Crippen molar-refractivity contribution in [3.05, 3.63) is 23.2 Å². The molecule has 0 spiro atoms. The van der Waals surface area contributed by atoms with Gasteiger partial charge in [-0.15, -0.1) is 0 Å². The zero-order valence-electron chi connectivity index (χ0n) is 6.27. The second kappa shape index (κ2) is 2.09. The zero-order valence-corrected chi connectivity index (χ0v) is 5.03. The van der Waals surface area contributed by atoms with Gasteiger partial charge in [0.15, 0.2) is 0 Å². The Morgan fingerprint density at radius 3 is 2.62 bits per heavy atom. The average Bonchev–Trinajstić information content (AvgIpc) is 1.82. The van der Waals surface area contributed by atoms with Gasteiger partial charge < -0.3 is 0 Å². The van der Waals surface area contributed by atoms with E-state index in [1.807, 2.05) is 0 Å². The summed E-state index contributed by atoms with van der Waals surface area (Å²) >= 11 is 5.36. The van der Waals surface area contributed by atoms with Gasteiger partial charge in [0.25, 0.3) is 0 Å². The van der Waals surface area contributed by atoms with Crippen LogP contribution in [0.4, 0.5) is 0 Å². The van der Waals surface area contributed by atoms with Crippen LogP contribution in [-0.2, 0) is 0 Å². The topological polar surface area (TPSA) is 25.8 Å². The van der Waals surface area contributed by atoms with E-state index in [0.717, 1.165) is 0 Å². The maximum absolute atomic E-state index is 7.15. The molecule has 0 aliphatic heterocycles. The summed E-state index contributed by atoms with van der Waals surface area (Å²) in [6, 6.07) is 0. The molecule has 0 saturated heterocycles. The van der Waals surface area contributed by atoms with E-state index in [4.69, 9.17) is 14.3 Å². The maximum atomic E-state index is 7.15. The molecule has 1 aromatic heterocycles. The second-order valence-corrected chi connectivity index (χ2v) is 1.68. The van der Waals surface area contributed by atoms with Gasteiger partial charge in [-0.2, -0.15) is 0 Å². The lowest BCUT2D eigenvalue weighted by Crippen LogP contribution is -1.80. The lowest BCUT2D eigenvalue weighted by molar-refractivity contribution is 1.13. The highest BCUT2D eigenvalue weighted by Crippen LogP contribution is 1.97. The molecule has 0 amide bonds. The molecule has 0 aliphatic carbocycles. The predicted octanol–water partition coefficient (Wildman–Crippen LogP) is 1.44. The highest BCUT2D eigenvalue weighted by molar-refractivity contribution is 6.28. The van der Waals surface area contributed by atoms with Crippen molar-refractivity contribution in [2.24, 2.45) is 0 Å². The van der Waals surface area contributed by atoms with Gasteiger partial charge in [0.2, 0.25) is 5.28 Å². The molecule has 0 aliphatic rings. The fourth-order valence-corrected chi connectivity index (χ4v) is 0.394. The van der Waals surface area contributed by atoms with Gasteiger partial charge in [-0.1, -0.05) is 0 Å². The normalized spacial score (nSPS) is 12.8. The van der Waals surface area contributed by atoms with Crippen LogP contribution in [0.2, 0.25) is 5.28 Å². The summed E-state index contributed by atoms with van der Waals surface area (Å²) < 4.78 is 14.3. The molecule has 2 nitrogen and oxygen atoms in total. The van der Waals surface area contributed by atoms with Crippen LogP contribution < -0.4 is 0 Å². The number of halogens is 1. The minimum Gasteiger partial charge on any atom is -0.226 e. The van der Waals surface area contributed by atoms with Crippen LogP contribution in [0.25, 0.3) is 0 Å². The van der Waals surface area contributed by atoms with Crippen molar-refractivity contribution in [3.63, 3.8) is 0 Å². The van der Waals surface area contributed by atoms with E-state index < -0.39 is 0 Å². The Kier molecular flexibility index (Phi) is 0.891. The van der Waals surface area contributed by atoms with E-state index >= 15 is 0 Å². The lowest BCUT2D eigenvalue weighted by atomic mass is 10.4. The molecule has 0 aromatic carbocycles. The van der Waals surface area contributed by atoms with Crippen LogP contribution in [0, 0.1) is 6.92 Å². The van der Waals surface area contributed by atoms with E-state index in [1.165, 1.54) is 0 Å². The van der Waals surface area contributed by atoms with Crippen molar-refractivity contribution >= 4 is 11.6 Å². The molecule has 1 aromatic rings. The largest absolute Gasteiger partial charge is 0.226 e. The van der Waals surface area contributed by atoms with Crippen LogP contribution in [0.1, 0.15) is 8.30 Å². The predicted molar refractivity (Wildman–Crippen MR) is 31.8 cm³/mol. The molecule has 0 fully saturated rings. The number of hydrogen-bond acceptors (Lipinski definition) is 2. The Morgan fingerprint density at radius 2 is 2.12 bits per heavy atom. The highest BCUT2D eigenvalue weighted by atomic mass is 35.5. The Morgan fingerprint density at radius 1 is 1.62 bits per heavy atom. The van der Waals surface area contributed by atoms with Gasteiger partial charge in [0.1, 0.15) is 0 Å². The van der Waals surface area contributed by atoms with Crippen molar-refractivity contribution in [1.82, 2.24) is 9.97 Å². The van der Waals surface area contributed by atoms with Crippen LogP contribution in [0.5, 0.6) is 0 Å².